The molecule has 0 N–H and O–H groups in total. The minimum absolute atomic E-state index is 0.245. The monoisotopic (exact) mass is 101 g/mol. The summed E-state index contributed by atoms with van der Waals surface area (Å²) < 4.78 is 0. The highest BCUT2D eigenvalue weighted by Gasteiger charge is 1.82. The van der Waals surface area contributed by atoms with E-state index in [1.54, 1.807) is 0 Å². The van der Waals surface area contributed by atoms with E-state index in [0.717, 1.165) is 0 Å². The molecule has 0 aromatic heterocycles. The van der Waals surface area contributed by atoms with Gasteiger partial charge < -0.3 is 0 Å². The maximum Gasteiger partial charge on any atom is 0.222 e. The Hall–Kier alpha value is -0.370. The Morgan fingerprint density at radius 3 is 2.50 bits per heavy atom. The van der Waals surface area contributed by atoms with Crippen LogP contribution in [0, 0.1) is 0 Å². The molecule has 0 saturated carbocycles. The van der Waals surface area contributed by atoms with E-state index in [4.69, 9.17) is 0 Å². The number of hydrogen-bond donors (Lipinski definition) is 0. The standard InChI is InChI=1S/C4H5OS/c1-2-3-4(5)6/h2H,1,3H2. The Balaban J connectivity index is 3.05. The van der Waals surface area contributed by atoms with Gasteiger partial charge in [0.25, 0.3) is 0 Å². The van der Waals surface area contributed by atoms with Crippen LogP contribution in [0.15, 0.2) is 12.7 Å². The molecule has 33 valence electrons. The number of thiocarbonyl (C=S) groups is 1. The number of rotatable bonds is 2. The molecule has 0 aliphatic carbocycles. The van der Waals surface area contributed by atoms with E-state index < -0.39 is 0 Å². The first-order valence-electron chi connectivity index (χ1n) is 1.58. The van der Waals surface area contributed by atoms with Gasteiger partial charge in [0.1, 0.15) is 0 Å². The summed E-state index contributed by atoms with van der Waals surface area (Å²) in [6, 6.07) is 0. The van der Waals surface area contributed by atoms with E-state index in [1.807, 2.05) is 0 Å². The predicted molar refractivity (Wildman–Crippen MR) is 28.1 cm³/mol. The summed E-state index contributed by atoms with van der Waals surface area (Å²) in [4.78, 5) is 0. The molecule has 0 spiro atoms. The second-order valence-corrected chi connectivity index (χ2v) is 1.32. The van der Waals surface area contributed by atoms with Crippen molar-refractivity contribution < 1.29 is 5.11 Å². The third-order valence-corrected chi connectivity index (χ3v) is 0.478. The maximum atomic E-state index is 9.79. The Bertz CT molecular complexity index is 67.9. The molecule has 0 heterocycles. The zero-order valence-corrected chi connectivity index (χ0v) is 4.12. The molecular weight excluding hydrogens is 96.1 g/mol. The summed E-state index contributed by atoms with van der Waals surface area (Å²) in [7, 11) is 0. The maximum absolute atomic E-state index is 9.79. The minimum atomic E-state index is -0.245. The Morgan fingerprint density at radius 1 is 2.00 bits per heavy atom. The van der Waals surface area contributed by atoms with Crippen molar-refractivity contribution in [3.05, 3.63) is 12.7 Å². The molecule has 0 rings (SSSR count). The molecule has 0 fully saturated rings. The second kappa shape index (κ2) is 2.85. The summed E-state index contributed by atoms with van der Waals surface area (Å²) in [5.41, 5.74) is 0. The lowest BCUT2D eigenvalue weighted by molar-refractivity contribution is 0.432. The van der Waals surface area contributed by atoms with Crippen molar-refractivity contribution >= 4 is 17.3 Å². The zero-order valence-electron chi connectivity index (χ0n) is 3.31. The van der Waals surface area contributed by atoms with E-state index in [2.05, 4.69) is 18.8 Å². The first-order valence-corrected chi connectivity index (χ1v) is 1.99. The quantitative estimate of drug-likeness (QED) is 0.379. The van der Waals surface area contributed by atoms with Crippen LogP contribution < -0.4 is 0 Å². The Morgan fingerprint density at radius 2 is 2.50 bits per heavy atom. The fourth-order valence-electron chi connectivity index (χ4n) is 0.118. The second-order valence-electron chi connectivity index (χ2n) is 0.865. The minimum Gasteiger partial charge on any atom is -0.282 e. The van der Waals surface area contributed by atoms with Gasteiger partial charge in [0.15, 0.2) is 0 Å². The van der Waals surface area contributed by atoms with E-state index in [9.17, 15) is 5.11 Å². The molecule has 0 saturated heterocycles. The predicted octanol–water partition coefficient (Wildman–Crippen LogP) is 1.32. The van der Waals surface area contributed by atoms with Crippen LogP contribution in [0.4, 0.5) is 0 Å². The first kappa shape index (κ1) is 5.63. The lowest BCUT2D eigenvalue weighted by atomic mass is 10.5. The third kappa shape index (κ3) is 3.63. The summed E-state index contributed by atoms with van der Waals surface area (Å²) in [5.74, 6) is 0. The van der Waals surface area contributed by atoms with Crippen molar-refractivity contribution in [1.82, 2.24) is 0 Å². The first-order chi connectivity index (χ1) is 2.77. The fourth-order valence-corrected chi connectivity index (χ4v) is 0.236. The Labute approximate surface area is 42.3 Å². The van der Waals surface area contributed by atoms with Crippen molar-refractivity contribution in [1.29, 1.82) is 0 Å². The van der Waals surface area contributed by atoms with Crippen LogP contribution in [0.25, 0.3) is 0 Å². The molecule has 1 nitrogen and oxygen atoms in total. The zero-order chi connectivity index (χ0) is 4.99. The number of hydrogen-bond acceptors (Lipinski definition) is 1. The topological polar surface area (TPSA) is 19.9 Å². The molecule has 0 atom stereocenters. The van der Waals surface area contributed by atoms with Gasteiger partial charge in [-0.1, -0.05) is 6.08 Å². The molecule has 2 heteroatoms. The molecule has 0 aliphatic heterocycles. The van der Waals surface area contributed by atoms with Crippen LogP contribution in [-0.4, -0.2) is 5.05 Å². The fraction of sp³-hybridized carbons (Fsp3) is 0.250. The van der Waals surface area contributed by atoms with Gasteiger partial charge >= 0.3 is 0 Å². The van der Waals surface area contributed by atoms with E-state index in [1.165, 1.54) is 6.08 Å². The van der Waals surface area contributed by atoms with Gasteiger partial charge in [-0.15, -0.1) is 6.58 Å². The van der Waals surface area contributed by atoms with Crippen molar-refractivity contribution in [2.24, 2.45) is 0 Å². The van der Waals surface area contributed by atoms with Crippen LogP contribution in [-0.2, 0) is 5.11 Å². The van der Waals surface area contributed by atoms with Crippen LogP contribution in [0.5, 0.6) is 0 Å². The van der Waals surface area contributed by atoms with E-state index in [0.29, 0.717) is 6.42 Å². The molecule has 0 unspecified atom stereocenters. The van der Waals surface area contributed by atoms with Gasteiger partial charge in [-0.25, -0.2) is 0 Å². The lowest BCUT2D eigenvalue weighted by Gasteiger charge is -1.73. The average molecular weight is 101 g/mol. The van der Waals surface area contributed by atoms with Crippen molar-refractivity contribution in [2.75, 3.05) is 0 Å². The molecular formula is C4H5OS. The van der Waals surface area contributed by atoms with Crippen LogP contribution in [0.2, 0.25) is 0 Å². The van der Waals surface area contributed by atoms with Crippen LogP contribution >= 0.6 is 12.2 Å². The van der Waals surface area contributed by atoms with Crippen molar-refractivity contribution in [3.8, 4) is 0 Å². The molecule has 0 aromatic rings. The molecule has 1 radical (unpaired) electrons. The van der Waals surface area contributed by atoms with Gasteiger partial charge in [0, 0.05) is 6.42 Å². The molecule has 0 amide bonds. The summed E-state index contributed by atoms with van der Waals surface area (Å²) >= 11 is 4.17. The molecule has 0 aliphatic rings. The van der Waals surface area contributed by atoms with E-state index >= 15 is 0 Å². The molecule has 0 aromatic carbocycles. The lowest BCUT2D eigenvalue weighted by Crippen LogP contribution is -1.81. The summed E-state index contributed by atoms with van der Waals surface area (Å²) in [6.07, 6.45) is 1.81. The SMILES string of the molecule is C=CCC([O])=S. The highest BCUT2D eigenvalue weighted by atomic mass is 32.1. The van der Waals surface area contributed by atoms with Gasteiger partial charge in [-0.3, -0.25) is 5.11 Å². The van der Waals surface area contributed by atoms with Gasteiger partial charge in [-0.05, 0) is 12.2 Å². The van der Waals surface area contributed by atoms with Gasteiger partial charge in [0.05, 0.1) is 0 Å². The van der Waals surface area contributed by atoms with Crippen LogP contribution in [0.3, 0.4) is 0 Å². The third-order valence-electron chi connectivity index (χ3n) is 0.311. The molecule has 6 heavy (non-hydrogen) atoms. The average Bonchev–Trinajstić information content (AvgIpc) is 1.35. The Kier molecular flexibility index (Phi) is 2.67. The van der Waals surface area contributed by atoms with Gasteiger partial charge in [0.2, 0.25) is 5.05 Å². The van der Waals surface area contributed by atoms with Crippen LogP contribution in [0.1, 0.15) is 6.42 Å². The largest absolute Gasteiger partial charge is 0.282 e. The van der Waals surface area contributed by atoms with Gasteiger partial charge in [-0.2, -0.15) is 0 Å². The normalized spacial score (nSPS) is 7.33. The molecule has 0 bridgehead atoms. The summed E-state index contributed by atoms with van der Waals surface area (Å²) in [5, 5.41) is 9.54. The summed E-state index contributed by atoms with van der Waals surface area (Å²) in [6.45, 7) is 3.31. The smallest absolute Gasteiger partial charge is 0.222 e. The van der Waals surface area contributed by atoms with Crippen molar-refractivity contribution in [3.63, 3.8) is 0 Å². The van der Waals surface area contributed by atoms with Crippen molar-refractivity contribution in [2.45, 2.75) is 6.42 Å². The highest BCUT2D eigenvalue weighted by Crippen LogP contribution is 1.80. The highest BCUT2D eigenvalue weighted by molar-refractivity contribution is 7.80. The van der Waals surface area contributed by atoms with E-state index in [-0.39, 0.29) is 5.05 Å².